The smallest absolute Gasteiger partial charge is 0.349 e. The predicted octanol–water partition coefficient (Wildman–Crippen LogP) is 3.47. The number of aryl methyl sites for hydroxylation is 1. The minimum Gasteiger partial charge on any atom is -0.462 e. The van der Waals surface area contributed by atoms with Crippen molar-refractivity contribution in [3.05, 3.63) is 34.4 Å². The van der Waals surface area contributed by atoms with Crippen LogP contribution in [0.25, 0.3) is 5.57 Å². The van der Waals surface area contributed by atoms with E-state index in [4.69, 9.17) is 4.74 Å². The van der Waals surface area contributed by atoms with Gasteiger partial charge in [0.05, 0.1) is 17.9 Å². The van der Waals surface area contributed by atoms with Crippen LogP contribution in [0, 0.1) is 18.3 Å². The van der Waals surface area contributed by atoms with Crippen LogP contribution in [0.3, 0.4) is 0 Å². The summed E-state index contributed by atoms with van der Waals surface area (Å²) in [7, 11) is 0. The average molecular weight is 338 g/mol. The van der Waals surface area contributed by atoms with E-state index in [0.29, 0.717) is 11.5 Å². The Labute approximate surface area is 147 Å². The molecule has 0 unspecified atom stereocenters. The maximum absolute atomic E-state index is 13.2. The SMILES string of the molecule is CCOC(=O)/C(C#N)=C1\C(=O)N2c3c1cc(C)cc3[C@@H](C)CC2(C)C. The van der Waals surface area contributed by atoms with Gasteiger partial charge in [0.2, 0.25) is 0 Å². The Morgan fingerprint density at radius 3 is 2.72 bits per heavy atom. The van der Waals surface area contributed by atoms with Crippen LogP contribution >= 0.6 is 0 Å². The summed E-state index contributed by atoms with van der Waals surface area (Å²) in [6.07, 6.45) is 0.823. The molecule has 1 atom stereocenters. The first-order valence-corrected chi connectivity index (χ1v) is 8.54. The molecule has 3 rings (SSSR count). The summed E-state index contributed by atoms with van der Waals surface area (Å²) in [5, 5.41) is 9.54. The normalized spacial score (nSPS) is 22.3. The first-order valence-electron chi connectivity index (χ1n) is 8.54. The molecular weight excluding hydrogens is 316 g/mol. The summed E-state index contributed by atoms with van der Waals surface area (Å²) in [6, 6.07) is 5.88. The average Bonchev–Trinajstić information content (AvgIpc) is 2.80. The van der Waals surface area contributed by atoms with Gasteiger partial charge in [-0.1, -0.05) is 18.6 Å². The monoisotopic (exact) mass is 338 g/mol. The van der Waals surface area contributed by atoms with Gasteiger partial charge in [-0.2, -0.15) is 5.26 Å². The fourth-order valence-electron chi connectivity index (χ4n) is 4.13. The number of benzene rings is 1. The zero-order valence-corrected chi connectivity index (χ0v) is 15.3. The molecule has 5 heteroatoms. The highest BCUT2D eigenvalue weighted by Gasteiger charge is 2.48. The molecule has 0 saturated carbocycles. The van der Waals surface area contributed by atoms with E-state index in [-0.39, 0.29) is 29.2 Å². The van der Waals surface area contributed by atoms with Gasteiger partial charge in [0.1, 0.15) is 6.07 Å². The van der Waals surface area contributed by atoms with Crippen LogP contribution in [0.2, 0.25) is 0 Å². The summed E-state index contributed by atoms with van der Waals surface area (Å²) < 4.78 is 5.00. The Hall–Kier alpha value is -2.61. The topological polar surface area (TPSA) is 70.4 Å². The van der Waals surface area contributed by atoms with Gasteiger partial charge in [-0.15, -0.1) is 0 Å². The van der Waals surface area contributed by atoms with Gasteiger partial charge in [0, 0.05) is 11.1 Å². The van der Waals surface area contributed by atoms with Gasteiger partial charge in [-0.25, -0.2) is 4.79 Å². The van der Waals surface area contributed by atoms with Crippen LogP contribution in [0.1, 0.15) is 56.7 Å². The first-order chi connectivity index (χ1) is 11.7. The van der Waals surface area contributed by atoms with E-state index in [1.54, 1.807) is 11.8 Å². The second-order valence-electron chi connectivity index (χ2n) is 7.39. The van der Waals surface area contributed by atoms with Crippen molar-refractivity contribution in [3.63, 3.8) is 0 Å². The lowest BCUT2D eigenvalue weighted by Gasteiger charge is -2.43. The summed E-state index contributed by atoms with van der Waals surface area (Å²) in [4.78, 5) is 27.2. The number of hydrogen-bond acceptors (Lipinski definition) is 4. The number of hydrogen-bond donors (Lipinski definition) is 0. The zero-order valence-electron chi connectivity index (χ0n) is 15.3. The minimum absolute atomic E-state index is 0.156. The van der Waals surface area contributed by atoms with Crippen molar-refractivity contribution >= 4 is 23.1 Å². The Morgan fingerprint density at radius 2 is 2.12 bits per heavy atom. The Morgan fingerprint density at radius 1 is 1.44 bits per heavy atom. The number of ether oxygens (including phenoxy) is 1. The van der Waals surface area contributed by atoms with Crippen molar-refractivity contribution in [1.82, 2.24) is 0 Å². The van der Waals surface area contributed by atoms with Crippen molar-refractivity contribution in [2.24, 2.45) is 0 Å². The number of carbonyl (C=O) groups excluding carboxylic acids is 2. The minimum atomic E-state index is -0.741. The molecule has 2 aliphatic heterocycles. The van der Waals surface area contributed by atoms with Crippen molar-refractivity contribution in [1.29, 1.82) is 5.26 Å². The van der Waals surface area contributed by atoms with Crippen molar-refractivity contribution in [3.8, 4) is 6.07 Å². The largest absolute Gasteiger partial charge is 0.462 e. The van der Waals surface area contributed by atoms with Gasteiger partial charge in [0.15, 0.2) is 5.57 Å². The third kappa shape index (κ3) is 2.44. The van der Waals surface area contributed by atoms with Gasteiger partial charge in [-0.05, 0) is 51.7 Å². The lowest BCUT2D eigenvalue weighted by Crippen LogP contribution is -2.49. The highest BCUT2D eigenvalue weighted by atomic mass is 16.5. The Balaban J connectivity index is 2.35. The lowest BCUT2D eigenvalue weighted by molar-refractivity contribution is -0.138. The highest BCUT2D eigenvalue weighted by Crippen LogP contribution is 2.52. The highest BCUT2D eigenvalue weighted by molar-refractivity contribution is 6.37. The van der Waals surface area contributed by atoms with E-state index in [1.165, 1.54) is 0 Å². The molecule has 0 spiro atoms. The van der Waals surface area contributed by atoms with Crippen LogP contribution < -0.4 is 4.90 Å². The summed E-state index contributed by atoms with van der Waals surface area (Å²) in [6.45, 7) is 9.99. The lowest BCUT2D eigenvalue weighted by atomic mass is 9.80. The second kappa shape index (κ2) is 5.73. The number of rotatable bonds is 2. The molecule has 1 aromatic carbocycles. The molecule has 25 heavy (non-hydrogen) atoms. The summed E-state index contributed by atoms with van der Waals surface area (Å²) >= 11 is 0. The first kappa shape index (κ1) is 17.2. The molecule has 0 saturated heterocycles. The van der Waals surface area contributed by atoms with E-state index >= 15 is 0 Å². The molecule has 0 aromatic heterocycles. The summed E-state index contributed by atoms with van der Waals surface area (Å²) in [5.41, 5.74) is 3.19. The quantitative estimate of drug-likeness (QED) is 0.470. The van der Waals surface area contributed by atoms with E-state index < -0.39 is 5.97 Å². The van der Waals surface area contributed by atoms with Crippen LogP contribution in [-0.2, 0) is 14.3 Å². The number of carbonyl (C=O) groups is 2. The number of nitrogens with zero attached hydrogens (tertiary/aromatic N) is 2. The Bertz CT molecular complexity index is 858. The van der Waals surface area contributed by atoms with Crippen molar-refractivity contribution < 1.29 is 14.3 Å². The van der Waals surface area contributed by atoms with Crippen LogP contribution in [0.5, 0.6) is 0 Å². The molecule has 0 radical (unpaired) electrons. The molecule has 5 nitrogen and oxygen atoms in total. The molecule has 0 fully saturated rings. The number of anilines is 1. The molecule has 130 valence electrons. The molecule has 1 amide bonds. The van der Waals surface area contributed by atoms with Crippen molar-refractivity contribution in [2.45, 2.75) is 52.5 Å². The maximum Gasteiger partial charge on any atom is 0.349 e. The molecule has 0 aliphatic carbocycles. The van der Waals surface area contributed by atoms with Gasteiger partial charge in [-0.3, -0.25) is 4.79 Å². The fraction of sp³-hybridized carbons (Fsp3) is 0.450. The summed E-state index contributed by atoms with van der Waals surface area (Å²) in [5.74, 6) is -0.738. The Kier molecular flexibility index (Phi) is 3.95. The van der Waals surface area contributed by atoms with E-state index in [0.717, 1.165) is 23.2 Å². The zero-order chi connectivity index (χ0) is 18.5. The van der Waals surface area contributed by atoms with Gasteiger partial charge >= 0.3 is 5.97 Å². The molecule has 1 aromatic rings. The van der Waals surface area contributed by atoms with E-state index in [9.17, 15) is 14.9 Å². The number of esters is 1. The molecular formula is C20H22N2O3. The predicted molar refractivity (Wildman–Crippen MR) is 94.9 cm³/mol. The van der Waals surface area contributed by atoms with Crippen LogP contribution in [0.15, 0.2) is 17.7 Å². The number of nitriles is 1. The van der Waals surface area contributed by atoms with E-state index in [2.05, 4.69) is 13.0 Å². The fourth-order valence-corrected chi connectivity index (χ4v) is 4.13. The van der Waals surface area contributed by atoms with Gasteiger partial charge < -0.3 is 9.64 Å². The molecule has 2 aliphatic rings. The third-order valence-electron chi connectivity index (χ3n) is 4.98. The van der Waals surface area contributed by atoms with E-state index in [1.807, 2.05) is 32.9 Å². The third-order valence-corrected chi connectivity index (χ3v) is 4.98. The second-order valence-corrected chi connectivity index (χ2v) is 7.39. The maximum atomic E-state index is 13.2. The molecule has 2 heterocycles. The number of amides is 1. The van der Waals surface area contributed by atoms with Crippen molar-refractivity contribution in [2.75, 3.05) is 11.5 Å². The standard InChI is InChI=1S/C20H22N2O3/c1-6-25-19(24)15(10-21)16-14-8-11(2)7-13-12(3)9-20(4,5)22(17(13)14)18(16)23/h7-8,12H,6,9H2,1-5H3/b16-15-/t12-/m0/s1. The van der Waals surface area contributed by atoms with Gasteiger partial charge in [0.25, 0.3) is 5.91 Å². The van der Waals surface area contributed by atoms with Crippen LogP contribution in [-0.4, -0.2) is 24.0 Å². The molecule has 0 N–H and O–H groups in total. The molecule has 0 bridgehead atoms. The van der Waals surface area contributed by atoms with Crippen LogP contribution in [0.4, 0.5) is 5.69 Å².